The van der Waals surface area contributed by atoms with Crippen LogP contribution < -0.4 is 0 Å². The number of hydrogen-bond donors (Lipinski definition) is 2. The maximum absolute atomic E-state index is 13.7. The van der Waals surface area contributed by atoms with Crippen LogP contribution in [0.25, 0.3) is 33.6 Å². The predicted octanol–water partition coefficient (Wildman–Crippen LogP) is 8.35. The van der Waals surface area contributed by atoms with E-state index in [1.165, 1.54) is 0 Å². The minimum atomic E-state index is -0.538. The van der Waals surface area contributed by atoms with Crippen LogP contribution in [-0.2, 0) is 20.7 Å². The number of amides is 3. The van der Waals surface area contributed by atoms with Crippen molar-refractivity contribution in [2.75, 3.05) is 26.2 Å². The number of likely N-dealkylation sites (tertiary alicyclic amines) is 3. The fourth-order valence-corrected chi connectivity index (χ4v) is 8.40. The third-order valence-corrected chi connectivity index (χ3v) is 11.4. The summed E-state index contributed by atoms with van der Waals surface area (Å²) in [6.45, 7) is 8.13. The van der Waals surface area contributed by atoms with Gasteiger partial charge in [-0.05, 0) is 87.1 Å². The van der Waals surface area contributed by atoms with Gasteiger partial charge < -0.3 is 29.4 Å². The molecule has 0 spiro atoms. The fraction of sp³-hybridized carbons (Fsp3) is 0.400. The van der Waals surface area contributed by atoms with Crippen LogP contribution in [-0.4, -0.2) is 84.3 Å². The monoisotopic (exact) mass is 753 g/mol. The Balaban J connectivity index is 0.873. The van der Waals surface area contributed by atoms with Gasteiger partial charge in [0.2, 0.25) is 11.8 Å². The van der Waals surface area contributed by atoms with Crippen molar-refractivity contribution in [2.24, 2.45) is 5.92 Å². The largest absolute Gasteiger partial charge is 0.444 e. The molecule has 3 aliphatic rings. The molecule has 11 heteroatoms. The number of nitrogens with zero attached hydrogens (tertiary/aromatic N) is 5. The number of piperidine rings is 1. The van der Waals surface area contributed by atoms with Crippen molar-refractivity contribution in [3.63, 3.8) is 0 Å². The Labute approximate surface area is 328 Å². The summed E-state index contributed by atoms with van der Waals surface area (Å²) in [6.07, 6.45) is 8.79. The van der Waals surface area contributed by atoms with Crippen LogP contribution in [0.2, 0.25) is 0 Å². The fourth-order valence-electron chi connectivity index (χ4n) is 8.40. The highest BCUT2D eigenvalue weighted by Gasteiger charge is 2.38. The van der Waals surface area contributed by atoms with Crippen LogP contribution in [0.15, 0.2) is 91.3 Å². The average Bonchev–Trinajstić information content (AvgIpc) is 4.05. The molecule has 3 aromatic carbocycles. The lowest BCUT2D eigenvalue weighted by Gasteiger charge is -2.35. The normalized spacial score (nSPS) is 19.1. The van der Waals surface area contributed by atoms with Crippen LogP contribution >= 0.6 is 0 Å². The third kappa shape index (κ3) is 8.12. The second-order valence-corrected chi connectivity index (χ2v) is 16.4. The Morgan fingerprint density at radius 1 is 0.661 bits per heavy atom. The number of carbonyl (C=O) groups excluding carboxylic acids is 3. The predicted molar refractivity (Wildman–Crippen MR) is 215 cm³/mol. The second-order valence-electron chi connectivity index (χ2n) is 16.4. The molecule has 3 fully saturated rings. The molecule has 2 atom stereocenters. The zero-order valence-electron chi connectivity index (χ0n) is 32.5. The van der Waals surface area contributed by atoms with Gasteiger partial charge in [-0.3, -0.25) is 9.59 Å². The minimum Gasteiger partial charge on any atom is -0.444 e. The van der Waals surface area contributed by atoms with Crippen molar-refractivity contribution in [2.45, 2.75) is 83.4 Å². The summed E-state index contributed by atoms with van der Waals surface area (Å²) in [5, 5.41) is 0. The van der Waals surface area contributed by atoms with Gasteiger partial charge in [-0.2, -0.15) is 0 Å². The Morgan fingerprint density at radius 2 is 1.16 bits per heavy atom. The van der Waals surface area contributed by atoms with Crippen molar-refractivity contribution in [1.29, 1.82) is 0 Å². The lowest BCUT2D eigenvalue weighted by Crippen LogP contribution is -2.45. The van der Waals surface area contributed by atoms with Crippen LogP contribution in [0.3, 0.4) is 0 Å². The van der Waals surface area contributed by atoms with E-state index in [2.05, 4.69) is 58.5 Å². The Hall–Kier alpha value is -5.71. The number of benzene rings is 3. The van der Waals surface area contributed by atoms with Gasteiger partial charge in [0.1, 0.15) is 17.2 Å². The summed E-state index contributed by atoms with van der Waals surface area (Å²) < 4.78 is 5.54. The summed E-state index contributed by atoms with van der Waals surface area (Å²) in [6, 6.07) is 26.7. The van der Waals surface area contributed by atoms with Gasteiger partial charge in [-0.15, -0.1) is 0 Å². The summed E-state index contributed by atoms with van der Waals surface area (Å²) in [5.41, 5.74) is 6.63. The summed E-state index contributed by atoms with van der Waals surface area (Å²) in [5.74, 6) is 1.85. The van der Waals surface area contributed by atoms with Gasteiger partial charge in [0.05, 0.1) is 42.3 Å². The maximum atomic E-state index is 13.7. The molecule has 11 nitrogen and oxygen atoms in total. The van der Waals surface area contributed by atoms with E-state index in [4.69, 9.17) is 14.7 Å². The number of H-pyrrole nitrogens is 2. The molecule has 3 amide bonds. The number of aromatic amines is 2. The number of imidazole rings is 2. The van der Waals surface area contributed by atoms with Crippen LogP contribution in [0.4, 0.5) is 4.79 Å². The Bertz CT molecular complexity index is 2140. The molecule has 2 N–H and O–H groups in total. The molecule has 2 aromatic heterocycles. The molecule has 3 aliphatic heterocycles. The van der Waals surface area contributed by atoms with Gasteiger partial charge in [0.15, 0.2) is 0 Å². The van der Waals surface area contributed by atoms with Crippen molar-refractivity contribution in [3.05, 3.63) is 108 Å². The van der Waals surface area contributed by atoms with E-state index in [0.29, 0.717) is 32.4 Å². The molecule has 3 saturated heterocycles. The van der Waals surface area contributed by atoms with E-state index in [-0.39, 0.29) is 35.9 Å². The molecule has 290 valence electrons. The quantitative estimate of drug-likeness (QED) is 0.164. The zero-order chi connectivity index (χ0) is 38.8. The molecule has 56 heavy (non-hydrogen) atoms. The Morgan fingerprint density at radius 3 is 1.70 bits per heavy atom. The first-order valence-electron chi connectivity index (χ1n) is 20.0. The maximum Gasteiger partial charge on any atom is 0.410 e. The van der Waals surface area contributed by atoms with Crippen molar-refractivity contribution in [3.8, 4) is 33.6 Å². The van der Waals surface area contributed by atoms with Crippen molar-refractivity contribution < 1.29 is 19.1 Å². The zero-order valence-corrected chi connectivity index (χ0v) is 32.5. The highest BCUT2D eigenvalue weighted by atomic mass is 16.6. The molecule has 0 saturated carbocycles. The highest BCUT2D eigenvalue weighted by Crippen LogP contribution is 2.36. The van der Waals surface area contributed by atoms with E-state index < -0.39 is 5.60 Å². The molecular formula is C45H51N7O4. The highest BCUT2D eigenvalue weighted by molar-refractivity contribution is 5.81. The van der Waals surface area contributed by atoms with Crippen LogP contribution in [0, 0.1) is 5.92 Å². The van der Waals surface area contributed by atoms with Crippen molar-refractivity contribution >= 4 is 17.9 Å². The summed E-state index contributed by atoms with van der Waals surface area (Å²) >= 11 is 0. The molecule has 8 rings (SSSR count). The molecular weight excluding hydrogens is 703 g/mol. The lowest BCUT2D eigenvalue weighted by molar-refractivity contribution is -0.138. The minimum absolute atomic E-state index is 0.0368. The summed E-state index contributed by atoms with van der Waals surface area (Å²) in [4.78, 5) is 61.6. The number of ether oxygens (including phenoxy) is 1. The van der Waals surface area contributed by atoms with E-state index in [1.807, 2.05) is 73.3 Å². The van der Waals surface area contributed by atoms with Gasteiger partial charge in [-0.1, -0.05) is 78.9 Å². The first-order chi connectivity index (χ1) is 27.1. The smallest absolute Gasteiger partial charge is 0.410 e. The van der Waals surface area contributed by atoms with Crippen LogP contribution in [0.5, 0.6) is 0 Å². The third-order valence-electron chi connectivity index (χ3n) is 11.4. The van der Waals surface area contributed by atoms with Crippen molar-refractivity contribution in [1.82, 2.24) is 34.6 Å². The summed E-state index contributed by atoms with van der Waals surface area (Å²) in [7, 11) is 0. The second kappa shape index (κ2) is 15.8. The first-order valence-corrected chi connectivity index (χ1v) is 20.0. The molecule has 5 aromatic rings. The number of nitrogens with one attached hydrogen (secondary N) is 2. The van der Waals surface area contributed by atoms with Crippen LogP contribution in [0.1, 0.15) is 88.6 Å². The lowest BCUT2D eigenvalue weighted by atomic mass is 9.95. The van der Waals surface area contributed by atoms with E-state index >= 15 is 0 Å². The first kappa shape index (κ1) is 37.2. The van der Waals surface area contributed by atoms with Gasteiger partial charge >= 0.3 is 6.09 Å². The van der Waals surface area contributed by atoms with E-state index in [0.717, 1.165) is 89.6 Å². The van der Waals surface area contributed by atoms with Gasteiger partial charge in [0.25, 0.3) is 0 Å². The Kier molecular flexibility index (Phi) is 10.5. The number of aromatic nitrogens is 4. The molecule has 0 aliphatic carbocycles. The number of carbonyl (C=O) groups is 3. The average molecular weight is 754 g/mol. The molecule has 0 radical (unpaired) electrons. The molecule has 5 heterocycles. The topological polar surface area (TPSA) is 128 Å². The van der Waals surface area contributed by atoms with Gasteiger partial charge in [0, 0.05) is 32.1 Å². The molecule has 0 bridgehead atoms. The number of hydrogen-bond acceptors (Lipinski definition) is 6. The number of rotatable bonds is 8. The SMILES string of the molecule is CC(C)(C)OC(=O)N1CCC(C(=O)N2CCC[C@H]2c2ncc(-c3ccc(-c4ccc(-c5cnc([C@@H]6CCCN6C(=O)Cc6ccccc6)[nH]5)cc4)cc3)[nH]2)CC1. The van der Waals surface area contributed by atoms with E-state index in [1.54, 1.807) is 4.90 Å². The standard InChI is InChI=1S/C45H51N7O4/c1-45(2,3)56-44(55)50-25-21-35(22-26-50)43(54)52-24-8-12-39(52)42-47-29-37(49-42)34-19-15-32(16-20-34)31-13-17-33(18-14-31)36-28-46-41(48-36)38-11-7-23-51(38)40(53)27-30-9-5-4-6-10-30/h4-6,9-10,13-20,28-29,35,38-39H,7-8,11-12,21-27H2,1-3H3,(H,46,48)(H,47,49)/t38-,39-/m0/s1. The molecule has 0 unspecified atom stereocenters. The van der Waals surface area contributed by atoms with Gasteiger partial charge in [-0.25, -0.2) is 14.8 Å². The van der Waals surface area contributed by atoms with E-state index in [9.17, 15) is 14.4 Å².